The maximum absolute atomic E-state index is 14.2. The fraction of sp³-hybridized carbons (Fsp3) is 0.316. The Hall–Kier alpha value is -3.00. The molecule has 2 aromatic carbocycles. The van der Waals surface area contributed by atoms with Gasteiger partial charge >= 0.3 is 0 Å². The minimum Gasteiger partial charge on any atom is -0.497 e. The first kappa shape index (κ1) is 17.4. The fourth-order valence-electron chi connectivity index (χ4n) is 3.48. The SMILES string of the molecule is COc1ccc(C2c3nnnn3CCN2Cc2ccccc2F)c(OC)c1. The summed E-state index contributed by atoms with van der Waals surface area (Å²) in [6, 6.07) is 12.2. The second-order valence-corrected chi connectivity index (χ2v) is 6.33. The van der Waals surface area contributed by atoms with Crippen molar-refractivity contribution in [2.45, 2.75) is 19.1 Å². The van der Waals surface area contributed by atoms with Gasteiger partial charge in [0.1, 0.15) is 23.4 Å². The van der Waals surface area contributed by atoms with Crippen LogP contribution in [0.3, 0.4) is 0 Å². The lowest BCUT2D eigenvalue weighted by molar-refractivity contribution is 0.159. The third-order valence-electron chi connectivity index (χ3n) is 4.83. The van der Waals surface area contributed by atoms with Gasteiger partial charge in [0, 0.05) is 30.3 Å². The number of nitrogens with zero attached hydrogens (tertiary/aromatic N) is 5. The van der Waals surface area contributed by atoms with Gasteiger partial charge < -0.3 is 9.47 Å². The highest BCUT2D eigenvalue weighted by molar-refractivity contribution is 5.44. The number of hydrogen-bond acceptors (Lipinski definition) is 6. The lowest BCUT2D eigenvalue weighted by atomic mass is 10.00. The summed E-state index contributed by atoms with van der Waals surface area (Å²) in [6.45, 7) is 1.78. The van der Waals surface area contributed by atoms with Gasteiger partial charge in [-0.2, -0.15) is 0 Å². The Bertz CT molecular complexity index is 945. The standard InChI is InChI=1S/C19H20FN5O2/c1-26-14-7-8-15(17(11-14)27-2)18-19-21-22-23-25(19)10-9-24(18)12-13-5-3-4-6-16(13)20/h3-8,11,18H,9-10,12H2,1-2H3. The number of aromatic nitrogens is 4. The maximum Gasteiger partial charge on any atom is 0.173 e. The molecule has 0 saturated heterocycles. The first-order valence-electron chi connectivity index (χ1n) is 8.66. The predicted molar refractivity (Wildman–Crippen MR) is 96.0 cm³/mol. The number of halogens is 1. The fourth-order valence-corrected chi connectivity index (χ4v) is 3.48. The zero-order valence-corrected chi connectivity index (χ0v) is 15.2. The molecule has 7 nitrogen and oxygen atoms in total. The van der Waals surface area contributed by atoms with Crippen molar-refractivity contribution < 1.29 is 13.9 Å². The molecule has 0 N–H and O–H groups in total. The molecule has 0 radical (unpaired) electrons. The number of ether oxygens (including phenoxy) is 2. The summed E-state index contributed by atoms with van der Waals surface area (Å²) in [5.74, 6) is 1.87. The summed E-state index contributed by atoms with van der Waals surface area (Å²) in [5, 5.41) is 12.1. The number of benzene rings is 2. The first-order valence-corrected chi connectivity index (χ1v) is 8.66. The molecule has 0 fully saturated rings. The van der Waals surface area contributed by atoms with Gasteiger partial charge in [-0.1, -0.05) is 18.2 Å². The van der Waals surface area contributed by atoms with Crippen LogP contribution in [-0.2, 0) is 13.1 Å². The van der Waals surface area contributed by atoms with E-state index in [-0.39, 0.29) is 11.9 Å². The Kier molecular flexibility index (Phi) is 4.72. The molecule has 1 atom stereocenters. The van der Waals surface area contributed by atoms with Gasteiger partial charge in [0.2, 0.25) is 0 Å². The van der Waals surface area contributed by atoms with E-state index in [1.54, 1.807) is 31.0 Å². The molecule has 4 rings (SSSR count). The van der Waals surface area contributed by atoms with Crippen molar-refractivity contribution in [2.75, 3.05) is 20.8 Å². The normalized spacial score (nSPS) is 16.8. The van der Waals surface area contributed by atoms with Crippen LogP contribution in [0.5, 0.6) is 11.5 Å². The number of tetrazole rings is 1. The van der Waals surface area contributed by atoms with Gasteiger partial charge in [0.25, 0.3) is 0 Å². The Labute approximate surface area is 156 Å². The molecular weight excluding hydrogens is 349 g/mol. The van der Waals surface area contributed by atoms with Crippen LogP contribution in [0.4, 0.5) is 4.39 Å². The summed E-state index contributed by atoms with van der Waals surface area (Å²) in [5.41, 5.74) is 1.54. The topological polar surface area (TPSA) is 65.3 Å². The molecular formula is C19H20FN5O2. The lowest BCUT2D eigenvalue weighted by Crippen LogP contribution is -2.39. The second-order valence-electron chi connectivity index (χ2n) is 6.33. The molecule has 3 aromatic rings. The Morgan fingerprint density at radius 1 is 1.11 bits per heavy atom. The molecule has 0 bridgehead atoms. The van der Waals surface area contributed by atoms with Crippen LogP contribution in [0.2, 0.25) is 0 Å². The van der Waals surface area contributed by atoms with E-state index in [0.29, 0.717) is 42.5 Å². The maximum atomic E-state index is 14.2. The van der Waals surface area contributed by atoms with Crippen molar-refractivity contribution >= 4 is 0 Å². The summed E-state index contributed by atoms with van der Waals surface area (Å²) < 4.78 is 26.9. The average Bonchev–Trinajstić information content (AvgIpc) is 3.18. The lowest BCUT2D eigenvalue weighted by Gasteiger charge is -2.35. The molecule has 0 aliphatic carbocycles. The second kappa shape index (κ2) is 7.32. The molecule has 1 unspecified atom stereocenters. The van der Waals surface area contributed by atoms with Crippen LogP contribution in [0.25, 0.3) is 0 Å². The molecule has 1 aliphatic rings. The zero-order chi connectivity index (χ0) is 18.8. The van der Waals surface area contributed by atoms with Crippen LogP contribution in [0.1, 0.15) is 23.0 Å². The van der Waals surface area contributed by atoms with E-state index in [1.165, 1.54) is 6.07 Å². The molecule has 0 saturated carbocycles. The van der Waals surface area contributed by atoms with Crippen molar-refractivity contribution in [3.8, 4) is 11.5 Å². The molecule has 2 heterocycles. The third-order valence-corrected chi connectivity index (χ3v) is 4.83. The third kappa shape index (κ3) is 3.23. The highest BCUT2D eigenvalue weighted by Gasteiger charge is 2.34. The number of fused-ring (bicyclic) bond motifs is 1. The summed E-state index contributed by atoms with van der Waals surface area (Å²) >= 11 is 0. The van der Waals surface area contributed by atoms with Crippen LogP contribution in [0.15, 0.2) is 42.5 Å². The van der Waals surface area contributed by atoms with Crippen LogP contribution >= 0.6 is 0 Å². The Morgan fingerprint density at radius 3 is 2.74 bits per heavy atom. The van der Waals surface area contributed by atoms with Crippen molar-refractivity contribution in [2.24, 2.45) is 0 Å². The number of rotatable bonds is 5. The van der Waals surface area contributed by atoms with Crippen molar-refractivity contribution in [3.05, 3.63) is 65.2 Å². The minimum atomic E-state index is -0.255. The molecule has 27 heavy (non-hydrogen) atoms. The van der Waals surface area contributed by atoms with Gasteiger partial charge in [0.15, 0.2) is 5.82 Å². The van der Waals surface area contributed by atoms with E-state index in [4.69, 9.17) is 9.47 Å². The molecule has 1 aliphatic heterocycles. The van der Waals surface area contributed by atoms with Gasteiger partial charge in [0.05, 0.1) is 20.8 Å². The molecule has 8 heteroatoms. The van der Waals surface area contributed by atoms with Gasteiger partial charge in [-0.15, -0.1) is 5.10 Å². The monoisotopic (exact) mass is 369 g/mol. The average molecular weight is 369 g/mol. The highest BCUT2D eigenvalue weighted by Crippen LogP contribution is 2.38. The first-order chi connectivity index (χ1) is 13.2. The Morgan fingerprint density at radius 2 is 1.96 bits per heavy atom. The van der Waals surface area contributed by atoms with Gasteiger partial charge in [-0.25, -0.2) is 9.07 Å². The van der Waals surface area contributed by atoms with Crippen LogP contribution < -0.4 is 9.47 Å². The molecule has 1 aromatic heterocycles. The summed E-state index contributed by atoms with van der Waals surface area (Å²) in [7, 11) is 3.23. The van der Waals surface area contributed by atoms with E-state index < -0.39 is 0 Å². The summed E-state index contributed by atoms with van der Waals surface area (Å²) in [6.07, 6.45) is 0. The highest BCUT2D eigenvalue weighted by atomic mass is 19.1. The van der Waals surface area contributed by atoms with Crippen molar-refractivity contribution in [1.29, 1.82) is 0 Å². The quantitative estimate of drug-likeness (QED) is 0.688. The molecule has 0 spiro atoms. The number of methoxy groups -OCH3 is 2. The van der Waals surface area contributed by atoms with Gasteiger partial charge in [-0.3, -0.25) is 4.90 Å². The summed E-state index contributed by atoms with van der Waals surface area (Å²) in [4.78, 5) is 2.16. The molecule has 140 valence electrons. The predicted octanol–water partition coefficient (Wildman–Crippen LogP) is 2.43. The molecule has 0 amide bonds. The smallest absolute Gasteiger partial charge is 0.173 e. The van der Waals surface area contributed by atoms with Crippen LogP contribution in [0, 0.1) is 5.82 Å². The minimum absolute atomic E-state index is 0.219. The Balaban J connectivity index is 1.77. The van der Waals surface area contributed by atoms with E-state index in [9.17, 15) is 4.39 Å². The van der Waals surface area contributed by atoms with Crippen molar-refractivity contribution in [1.82, 2.24) is 25.1 Å². The van der Waals surface area contributed by atoms with E-state index in [1.807, 2.05) is 24.3 Å². The van der Waals surface area contributed by atoms with Crippen LogP contribution in [-0.4, -0.2) is 45.9 Å². The van der Waals surface area contributed by atoms with E-state index in [0.717, 1.165) is 5.56 Å². The van der Waals surface area contributed by atoms with Gasteiger partial charge in [-0.05, 0) is 28.6 Å². The largest absolute Gasteiger partial charge is 0.497 e. The zero-order valence-electron chi connectivity index (χ0n) is 15.2. The van der Waals surface area contributed by atoms with E-state index >= 15 is 0 Å². The van der Waals surface area contributed by atoms with Crippen molar-refractivity contribution in [3.63, 3.8) is 0 Å². The number of hydrogen-bond donors (Lipinski definition) is 0. The van der Waals surface area contributed by atoms with E-state index in [2.05, 4.69) is 20.4 Å².